The molecule has 3 rings (SSSR count). The fourth-order valence-corrected chi connectivity index (χ4v) is 2.92. The fourth-order valence-electron chi connectivity index (χ4n) is 2.92. The van der Waals surface area contributed by atoms with Crippen molar-refractivity contribution in [2.75, 3.05) is 13.2 Å². The standard InChI is InChI=1S/C16H20FNO2/c1-2-16(17)12-15(8-10-19-11-9-15)18-14(20-16)13-6-4-3-5-7-13/h3-7H,2,8-12H2,1H3. The van der Waals surface area contributed by atoms with Crippen molar-refractivity contribution in [3.8, 4) is 0 Å². The molecule has 1 fully saturated rings. The van der Waals surface area contributed by atoms with Crippen molar-refractivity contribution in [3.63, 3.8) is 0 Å². The van der Waals surface area contributed by atoms with E-state index in [1.807, 2.05) is 37.3 Å². The molecule has 2 aliphatic heterocycles. The van der Waals surface area contributed by atoms with Gasteiger partial charge in [-0.2, -0.15) is 4.39 Å². The second kappa shape index (κ2) is 5.17. The molecule has 0 N–H and O–H groups in total. The molecule has 2 aliphatic rings. The molecule has 1 saturated heterocycles. The Morgan fingerprint density at radius 2 is 1.90 bits per heavy atom. The van der Waals surface area contributed by atoms with Crippen LogP contribution in [0.2, 0.25) is 0 Å². The minimum absolute atomic E-state index is 0.330. The normalized spacial score (nSPS) is 28.8. The van der Waals surface area contributed by atoms with Crippen LogP contribution in [0.25, 0.3) is 0 Å². The van der Waals surface area contributed by atoms with E-state index in [1.54, 1.807) is 0 Å². The summed E-state index contributed by atoms with van der Waals surface area (Å²) in [6.07, 6.45) is 2.19. The molecular weight excluding hydrogens is 257 g/mol. The molecule has 1 atom stereocenters. The maximum absolute atomic E-state index is 14.9. The third-order valence-corrected chi connectivity index (χ3v) is 4.18. The monoisotopic (exact) mass is 277 g/mol. The van der Waals surface area contributed by atoms with E-state index in [0.717, 1.165) is 18.4 Å². The molecule has 0 radical (unpaired) electrons. The van der Waals surface area contributed by atoms with Crippen LogP contribution in [0.15, 0.2) is 35.3 Å². The minimum Gasteiger partial charge on any atom is -0.440 e. The third kappa shape index (κ3) is 2.57. The molecule has 3 nitrogen and oxygen atoms in total. The molecule has 2 heterocycles. The molecule has 0 aliphatic carbocycles. The number of benzene rings is 1. The SMILES string of the molecule is CCC1(F)CC2(CCOCC2)N=C(c2ccccc2)O1. The van der Waals surface area contributed by atoms with Gasteiger partial charge in [-0.15, -0.1) is 0 Å². The van der Waals surface area contributed by atoms with E-state index in [9.17, 15) is 4.39 Å². The lowest BCUT2D eigenvalue weighted by Crippen LogP contribution is -2.48. The van der Waals surface area contributed by atoms with Crippen LogP contribution in [0.1, 0.15) is 38.2 Å². The molecule has 4 heteroatoms. The molecule has 108 valence electrons. The summed E-state index contributed by atoms with van der Waals surface area (Å²) in [5.74, 6) is -1.19. The van der Waals surface area contributed by atoms with Crippen LogP contribution >= 0.6 is 0 Å². The number of rotatable bonds is 2. The molecular formula is C16H20FNO2. The highest BCUT2D eigenvalue weighted by atomic mass is 19.2. The van der Waals surface area contributed by atoms with E-state index in [2.05, 4.69) is 0 Å². The average molecular weight is 277 g/mol. The van der Waals surface area contributed by atoms with Gasteiger partial charge >= 0.3 is 0 Å². The number of aliphatic imine (C=N–C) groups is 1. The summed E-state index contributed by atoms with van der Waals surface area (Å²) in [5.41, 5.74) is 0.473. The number of ether oxygens (including phenoxy) is 2. The zero-order valence-corrected chi connectivity index (χ0v) is 11.8. The Hall–Kier alpha value is -1.42. The summed E-state index contributed by atoms with van der Waals surface area (Å²) >= 11 is 0. The summed E-state index contributed by atoms with van der Waals surface area (Å²) < 4.78 is 25.9. The van der Waals surface area contributed by atoms with Crippen molar-refractivity contribution in [2.24, 2.45) is 4.99 Å². The first-order chi connectivity index (χ1) is 9.65. The zero-order valence-electron chi connectivity index (χ0n) is 11.8. The van der Waals surface area contributed by atoms with Crippen molar-refractivity contribution in [2.45, 2.75) is 44.0 Å². The van der Waals surface area contributed by atoms with Gasteiger partial charge in [0.05, 0.1) is 5.54 Å². The van der Waals surface area contributed by atoms with E-state index in [-0.39, 0.29) is 5.54 Å². The number of alkyl halides is 1. The van der Waals surface area contributed by atoms with E-state index >= 15 is 0 Å². The molecule has 0 saturated carbocycles. The van der Waals surface area contributed by atoms with Crippen LogP contribution in [0.5, 0.6) is 0 Å². The summed E-state index contributed by atoms with van der Waals surface area (Å²) in [6, 6.07) is 9.58. The maximum Gasteiger partial charge on any atom is 0.252 e. The Morgan fingerprint density at radius 1 is 1.20 bits per heavy atom. The lowest BCUT2D eigenvalue weighted by Gasteiger charge is -2.43. The van der Waals surface area contributed by atoms with Gasteiger partial charge in [0.25, 0.3) is 5.85 Å². The first-order valence-corrected chi connectivity index (χ1v) is 7.26. The van der Waals surface area contributed by atoms with Crippen LogP contribution in [-0.2, 0) is 9.47 Å². The van der Waals surface area contributed by atoms with Gasteiger partial charge in [0.1, 0.15) is 0 Å². The first kappa shape index (κ1) is 13.6. The molecule has 0 bridgehead atoms. The molecule has 1 aromatic carbocycles. The first-order valence-electron chi connectivity index (χ1n) is 7.26. The summed E-state index contributed by atoms with van der Waals surface area (Å²) in [5, 5.41) is 0. The van der Waals surface area contributed by atoms with Crippen molar-refractivity contribution in [1.29, 1.82) is 0 Å². The van der Waals surface area contributed by atoms with Gasteiger partial charge < -0.3 is 9.47 Å². The van der Waals surface area contributed by atoms with Crippen molar-refractivity contribution in [3.05, 3.63) is 35.9 Å². The molecule has 1 spiro atoms. The molecule has 1 unspecified atom stereocenters. The Labute approximate surface area is 118 Å². The lowest BCUT2D eigenvalue weighted by atomic mass is 9.82. The Bertz CT molecular complexity index is 496. The molecule has 20 heavy (non-hydrogen) atoms. The van der Waals surface area contributed by atoms with E-state index in [0.29, 0.717) is 32.0 Å². The topological polar surface area (TPSA) is 30.8 Å². The number of hydrogen-bond acceptors (Lipinski definition) is 3. The van der Waals surface area contributed by atoms with Gasteiger partial charge in [0, 0.05) is 31.6 Å². The Morgan fingerprint density at radius 3 is 2.55 bits per heavy atom. The van der Waals surface area contributed by atoms with Gasteiger partial charge in [-0.05, 0) is 25.0 Å². The second-order valence-electron chi connectivity index (χ2n) is 5.64. The average Bonchev–Trinajstić information content (AvgIpc) is 2.48. The largest absolute Gasteiger partial charge is 0.440 e. The second-order valence-corrected chi connectivity index (χ2v) is 5.64. The quantitative estimate of drug-likeness (QED) is 0.828. The molecule has 0 aromatic heterocycles. The van der Waals surface area contributed by atoms with E-state index in [1.165, 1.54) is 0 Å². The Balaban J connectivity index is 1.99. The van der Waals surface area contributed by atoms with Crippen LogP contribution in [0.4, 0.5) is 4.39 Å². The zero-order chi connectivity index (χ0) is 14.1. The minimum atomic E-state index is -1.62. The predicted molar refractivity (Wildman–Crippen MR) is 75.6 cm³/mol. The summed E-state index contributed by atoms with van der Waals surface area (Å²) in [6.45, 7) is 3.11. The predicted octanol–water partition coefficient (Wildman–Crippen LogP) is 3.48. The summed E-state index contributed by atoms with van der Waals surface area (Å²) in [7, 11) is 0. The Kier molecular flexibility index (Phi) is 3.50. The summed E-state index contributed by atoms with van der Waals surface area (Å²) in [4.78, 5) is 4.76. The van der Waals surface area contributed by atoms with Gasteiger partial charge in [0.15, 0.2) is 0 Å². The molecule has 0 amide bonds. The van der Waals surface area contributed by atoms with E-state index < -0.39 is 5.85 Å². The fraction of sp³-hybridized carbons (Fsp3) is 0.562. The van der Waals surface area contributed by atoms with Crippen molar-refractivity contribution >= 4 is 5.90 Å². The number of hydrogen-bond donors (Lipinski definition) is 0. The van der Waals surface area contributed by atoms with Crippen LogP contribution in [0.3, 0.4) is 0 Å². The highest BCUT2D eigenvalue weighted by molar-refractivity contribution is 5.95. The van der Waals surface area contributed by atoms with Crippen LogP contribution in [0, 0.1) is 0 Å². The van der Waals surface area contributed by atoms with Gasteiger partial charge in [-0.1, -0.05) is 25.1 Å². The lowest BCUT2D eigenvalue weighted by molar-refractivity contribution is -0.120. The van der Waals surface area contributed by atoms with Crippen LogP contribution < -0.4 is 0 Å². The third-order valence-electron chi connectivity index (χ3n) is 4.18. The maximum atomic E-state index is 14.9. The van der Waals surface area contributed by atoms with Gasteiger partial charge in [-0.25, -0.2) is 4.99 Å². The highest BCUT2D eigenvalue weighted by Crippen LogP contribution is 2.42. The highest BCUT2D eigenvalue weighted by Gasteiger charge is 2.47. The van der Waals surface area contributed by atoms with Gasteiger partial charge in [-0.3, -0.25) is 0 Å². The van der Waals surface area contributed by atoms with Gasteiger partial charge in [0.2, 0.25) is 5.90 Å². The van der Waals surface area contributed by atoms with Crippen LogP contribution in [-0.4, -0.2) is 30.5 Å². The van der Waals surface area contributed by atoms with Crippen molar-refractivity contribution in [1.82, 2.24) is 0 Å². The number of nitrogens with zero attached hydrogens (tertiary/aromatic N) is 1. The molecule has 1 aromatic rings. The van der Waals surface area contributed by atoms with E-state index in [4.69, 9.17) is 14.5 Å². The number of halogens is 1. The van der Waals surface area contributed by atoms with Crippen molar-refractivity contribution < 1.29 is 13.9 Å². The smallest absolute Gasteiger partial charge is 0.252 e.